The maximum Gasteiger partial charge on any atom is 0.153 e. The lowest BCUT2D eigenvalue weighted by molar-refractivity contribution is 0.188. The lowest BCUT2D eigenvalue weighted by atomic mass is 10.2. The van der Waals surface area contributed by atoms with Crippen molar-refractivity contribution in [3.05, 3.63) is 0 Å². The molecule has 0 radical (unpaired) electrons. The maximum absolute atomic E-state index is 11.8. The Morgan fingerprint density at radius 3 is 2.79 bits per heavy atom. The molecule has 2 atom stereocenters. The SMILES string of the molecule is CC(CCN)S(=O)(=O)CC1CCOC1. The molecule has 1 heterocycles. The quantitative estimate of drug-likeness (QED) is 0.718. The molecule has 0 saturated carbocycles. The molecular weight excluding hydrogens is 202 g/mol. The van der Waals surface area contributed by atoms with E-state index in [1.165, 1.54) is 0 Å². The highest BCUT2D eigenvalue weighted by Crippen LogP contribution is 2.18. The molecule has 0 amide bonds. The molecule has 0 aromatic rings. The normalized spacial score (nSPS) is 25.1. The minimum atomic E-state index is -2.97. The predicted octanol–water partition coefficient (Wildman–Crippen LogP) is 0.175. The van der Waals surface area contributed by atoms with Gasteiger partial charge in [-0.3, -0.25) is 0 Å². The molecule has 0 aliphatic carbocycles. The number of nitrogens with two attached hydrogens (primary N) is 1. The van der Waals surface area contributed by atoms with Gasteiger partial charge in [-0.1, -0.05) is 0 Å². The van der Waals surface area contributed by atoms with Crippen LogP contribution < -0.4 is 5.73 Å². The Morgan fingerprint density at radius 1 is 1.57 bits per heavy atom. The summed E-state index contributed by atoms with van der Waals surface area (Å²) in [6.07, 6.45) is 1.42. The zero-order valence-corrected chi connectivity index (χ0v) is 9.42. The Morgan fingerprint density at radius 2 is 2.29 bits per heavy atom. The van der Waals surface area contributed by atoms with Gasteiger partial charge in [-0.25, -0.2) is 8.42 Å². The zero-order valence-electron chi connectivity index (χ0n) is 8.61. The van der Waals surface area contributed by atoms with E-state index in [4.69, 9.17) is 10.5 Å². The van der Waals surface area contributed by atoms with Gasteiger partial charge in [0.15, 0.2) is 9.84 Å². The second-order valence-electron chi connectivity index (χ2n) is 3.95. The first kappa shape index (κ1) is 11.9. The molecule has 84 valence electrons. The van der Waals surface area contributed by atoms with Gasteiger partial charge in [-0.15, -0.1) is 0 Å². The van der Waals surface area contributed by atoms with E-state index in [0.717, 1.165) is 6.42 Å². The van der Waals surface area contributed by atoms with E-state index < -0.39 is 9.84 Å². The summed E-state index contributed by atoms with van der Waals surface area (Å²) in [5.41, 5.74) is 5.35. The Kier molecular flexibility index (Phi) is 4.34. The van der Waals surface area contributed by atoms with E-state index in [0.29, 0.717) is 26.2 Å². The second-order valence-corrected chi connectivity index (χ2v) is 6.41. The van der Waals surface area contributed by atoms with Gasteiger partial charge in [-0.2, -0.15) is 0 Å². The number of sulfone groups is 1. The van der Waals surface area contributed by atoms with Crippen LogP contribution in [0.5, 0.6) is 0 Å². The van der Waals surface area contributed by atoms with Crippen LogP contribution in [0.15, 0.2) is 0 Å². The van der Waals surface area contributed by atoms with E-state index >= 15 is 0 Å². The summed E-state index contributed by atoms with van der Waals surface area (Å²) in [6, 6.07) is 0. The smallest absolute Gasteiger partial charge is 0.153 e. The van der Waals surface area contributed by atoms with E-state index in [1.807, 2.05) is 0 Å². The minimum absolute atomic E-state index is 0.195. The summed E-state index contributed by atoms with van der Waals surface area (Å²) < 4.78 is 28.7. The monoisotopic (exact) mass is 221 g/mol. The summed E-state index contributed by atoms with van der Waals surface area (Å²) in [5.74, 6) is 0.453. The highest BCUT2D eigenvalue weighted by atomic mass is 32.2. The largest absolute Gasteiger partial charge is 0.381 e. The number of hydrogen-bond donors (Lipinski definition) is 1. The first-order valence-electron chi connectivity index (χ1n) is 5.05. The summed E-state index contributed by atoms with van der Waals surface area (Å²) in [7, 11) is -2.97. The molecule has 0 bridgehead atoms. The highest BCUT2D eigenvalue weighted by Gasteiger charge is 2.27. The van der Waals surface area contributed by atoms with Crippen molar-refractivity contribution in [2.75, 3.05) is 25.5 Å². The van der Waals surface area contributed by atoms with Gasteiger partial charge < -0.3 is 10.5 Å². The third-order valence-corrected chi connectivity index (χ3v) is 5.08. The Hall–Kier alpha value is -0.130. The lowest BCUT2D eigenvalue weighted by Crippen LogP contribution is -2.27. The third-order valence-electron chi connectivity index (χ3n) is 2.68. The maximum atomic E-state index is 11.8. The van der Waals surface area contributed by atoms with Crippen LogP contribution in [0, 0.1) is 5.92 Å². The van der Waals surface area contributed by atoms with Crippen molar-refractivity contribution in [1.82, 2.24) is 0 Å². The summed E-state index contributed by atoms with van der Waals surface area (Å²) in [5, 5.41) is -0.312. The van der Waals surface area contributed by atoms with E-state index in [9.17, 15) is 8.42 Å². The third kappa shape index (κ3) is 3.22. The highest BCUT2D eigenvalue weighted by molar-refractivity contribution is 7.92. The second kappa shape index (κ2) is 5.09. The van der Waals surface area contributed by atoms with Crippen molar-refractivity contribution in [2.24, 2.45) is 11.7 Å². The van der Waals surface area contributed by atoms with Crippen molar-refractivity contribution in [1.29, 1.82) is 0 Å². The van der Waals surface area contributed by atoms with Crippen molar-refractivity contribution in [3.63, 3.8) is 0 Å². The van der Waals surface area contributed by atoms with Gasteiger partial charge in [0.25, 0.3) is 0 Å². The van der Waals surface area contributed by atoms with Crippen molar-refractivity contribution in [2.45, 2.75) is 25.0 Å². The van der Waals surface area contributed by atoms with Crippen LogP contribution in [0.3, 0.4) is 0 Å². The summed E-state index contributed by atoms with van der Waals surface area (Å²) >= 11 is 0. The molecule has 4 nitrogen and oxygen atoms in total. The Balaban J connectivity index is 2.47. The van der Waals surface area contributed by atoms with Gasteiger partial charge in [0.1, 0.15) is 0 Å². The number of ether oxygens (including phenoxy) is 1. The van der Waals surface area contributed by atoms with E-state index in [2.05, 4.69) is 0 Å². The number of rotatable bonds is 5. The first-order valence-corrected chi connectivity index (χ1v) is 6.77. The molecule has 2 unspecified atom stereocenters. The van der Waals surface area contributed by atoms with Gasteiger partial charge >= 0.3 is 0 Å². The minimum Gasteiger partial charge on any atom is -0.381 e. The van der Waals surface area contributed by atoms with Crippen LogP contribution in [-0.4, -0.2) is 39.2 Å². The molecule has 1 saturated heterocycles. The first-order chi connectivity index (χ1) is 6.56. The Labute approximate surface area is 85.7 Å². The predicted molar refractivity (Wildman–Crippen MR) is 55.8 cm³/mol. The van der Waals surface area contributed by atoms with Gasteiger partial charge in [0.05, 0.1) is 17.6 Å². The molecule has 14 heavy (non-hydrogen) atoms. The fourth-order valence-electron chi connectivity index (χ4n) is 1.62. The molecule has 1 fully saturated rings. The molecule has 2 N–H and O–H groups in total. The Bertz CT molecular complexity index is 257. The molecular formula is C9H19NO3S. The van der Waals surface area contributed by atoms with Crippen molar-refractivity contribution >= 4 is 9.84 Å². The average Bonchev–Trinajstić information content (AvgIpc) is 2.56. The van der Waals surface area contributed by atoms with Crippen molar-refractivity contribution in [3.8, 4) is 0 Å². The average molecular weight is 221 g/mol. The number of hydrogen-bond acceptors (Lipinski definition) is 4. The molecule has 1 rings (SSSR count). The standard InChI is InChI=1S/C9H19NO3S/c1-8(2-4-10)14(11,12)7-9-3-5-13-6-9/h8-9H,2-7,10H2,1H3. The zero-order chi connectivity index (χ0) is 10.6. The van der Waals surface area contributed by atoms with Crippen LogP contribution in [0.2, 0.25) is 0 Å². The molecule has 0 spiro atoms. The van der Waals surface area contributed by atoms with Gasteiger partial charge in [0, 0.05) is 6.61 Å². The van der Waals surface area contributed by atoms with E-state index in [1.54, 1.807) is 6.92 Å². The summed E-state index contributed by atoms with van der Waals surface area (Å²) in [6.45, 7) is 3.46. The van der Waals surface area contributed by atoms with Crippen LogP contribution in [0.4, 0.5) is 0 Å². The van der Waals surface area contributed by atoms with Gasteiger partial charge in [-0.05, 0) is 32.2 Å². The van der Waals surface area contributed by atoms with Crippen molar-refractivity contribution < 1.29 is 13.2 Å². The van der Waals surface area contributed by atoms with Crippen LogP contribution in [0.25, 0.3) is 0 Å². The molecule has 0 aromatic carbocycles. The van der Waals surface area contributed by atoms with Crippen LogP contribution in [0.1, 0.15) is 19.8 Å². The van der Waals surface area contributed by atoms with Gasteiger partial charge in [0.2, 0.25) is 0 Å². The topological polar surface area (TPSA) is 69.4 Å². The fourth-order valence-corrected chi connectivity index (χ4v) is 3.37. The molecule has 1 aliphatic rings. The summed E-state index contributed by atoms with van der Waals surface area (Å²) in [4.78, 5) is 0. The molecule has 1 aliphatic heterocycles. The van der Waals surface area contributed by atoms with E-state index in [-0.39, 0.29) is 16.9 Å². The molecule has 5 heteroatoms. The lowest BCUT2D eigenvalue weighted by Gasteiger charge is -2.14. The fraction of sp³-hybridized carbons (Fsp3) is 1.00. The van der Waals surface area contributed by atoms with Crippen LogP contribution in [-0.2, 0) is 14.6 Å². The molecule has 0 aromatic heterocycles. The van der Waals surface area contributed by atoms with Crippen LogP contribution >= 0.6 is 0 Å².